The molecule has 2 heterocycles. The summed E-state index contributed by atoms with van der Waals surface area (Å²) in [6, 6.07) is 7.70. The van der Waals surface area contributed by atoms with Crippen molar-refractivity contribution in [2.75, 3.05) is 0 Å². The number of nitrogens with zero attached hydrogens (tertiary/aromatic N) is 2. The van der Waals surface area contributed by atoms with Gasteiger partial charge in [0.25, 0.3) is 0 Å². The van der Waals surface area contributed by atoms with Crippen molar-refractivity contribution in [1.29, 1.82) is 0 Å². The molecule has 2 aromatic heterocycles. The van der Waals surface area contributed by atoms with Crippen LogP contribution in [0.1, 0.15) is 25.3 Å². The van der Waals surface area contributed by atoms with Gasteiger partial charge in [0, 0.05) is 10.9 Å². The lowest BCUT2D eigenvalue weighted by Gasteiger charge is -2.10. The highest BCUT2D eigenvalue weighted by molar-refractivity contribution is 6.34. The quantitative estimate of drug-likeness (QED) is 0.601. The highest BCUT2D eigenvalue weighted by Gasteiger charge is 2.17. The molecule has 0 radical (unpaired) electrons. The first-order chi connectivity index (χ1) is 9.58. The third-order valence-corrected chi connectivity index (χ3v) is 3.73. The van der Waals surface area contributed by atoms with Crippen LogP contribution < -0.4 is 0 Å². The Bertz CT molecular complexity index is 757. The molecule has 0 N–H and O–H groups in total. The van der Waals surface area contributed by atoms with Crippen LogP contribution in [0.25, 0.3) is 22.4 Å². The summed E-state index contributed by atoms with van der Waals surface area (Å²) in [7, 11) is 0. The maximum atomic E-state index is 6.23. The van der Waals surface area contributed by atoms with Crippen molar-refractivity contribution >= 4 is 34.2 Å². The van der Waals surface area contributed by atoms with Gasteiger partial charge in [-0.3, -0.25) is 0 Å². The van der Waals surface area contributed by atoms with Gasteiger partial charge in [-0.15, -0.1) is 0 Å². The fourth-order valence-corrected chi connectivity index (χ4v) is 2.99. The van der Waals surface area contributed by atoms with Gasteiger partial charge in [-0.05, 0) is 12.0 Å². The average molecular weight is 307 g/mol. The van der Waals surface area contributed by atoms with Crippen LogP contribution in [0.3, 0.4) is 0 Å². The Morgan fingerprint density at radius 1 is 1.05 bits per heavy atom. The minimum Gasteiger partial charge on any atom is -0.464 e. The average Bonchev–Trinajstić information content (AvgIpc) is 2.81. The van der Waals surface area contributed by atoms with Gasteiger partial charge in [0.1, 0.15) is 22.2 Å². The number of para-hydroxylation sites is 1. The lowest BCUT2D eigenvalue weighted by atomic mass is 10.1. The lowest BCUT2D eigenvalue weighted by Crippen LogP contribution is -1.99. The molecule has 102 valence electrons. The summed E-state index contributed by atoms with van der Waals surface area (Å²) in [5, 5.41) is 1.72. The zero-order valence-corrected chi connectivity index (χ0v) is 12.5. The van der Waals surface area contributed by atoms with E-state index in [2.05, 4.69) is 9.97 Å². The van der Waals surface area contributed by atoms with Gasteiger partial charge in [-0.25, -0.2) is 9.97 Å². The number of benzene rings is 1. The third-order valence-electron chi connectivity index (χ3n) is 3.15. The van der Waals surface area contributed by atoms with Crippen molar-refractivity contribution in [2.24, 2.45) is 0 Å². The van der Waals surface area contributed by atoms with E-state index in [1.165, 1.54) is 0 Å². The zero-order valence-electron chi connectivity index (χ0n) is 11.0. The molecule has 0 fully saturated rings. The van der Waals surface area contributed by atoms with Crippen LogP contribution >= 0.6 is 23.2 Å². The van der Waals surface area contributed by atoms with E-state index in [4.69, 9.17) is 27.6 Å². The minimum atomic E-state index is 0.171. The highest BCUT2D eigenvalue weighted by atomic mass is 35.5. The van der Waals surface area contributed by atoms with Crippen molar-refractivity contribution in [3.8, 4) is 11.4 Å². The van der Waals surface area contributed by atoms with E-state index < -0.39 is 0 Å². The van der Waals surface area contributed by atoms with Crippen LogP contribution in [0.2, 0.25) is 10.3 Å². The summed E-state index contributed by atoms with van der Waals surface area (Å²) < 4.78 is 5.49. The standard InChI is InChI=1S/C15H12Cl2N2O/c1-8(2)12-13(16)18-15(19-14(12)17)10-7-20-11-6-4-3-5-9(10)11/h3-8H,1-2H3. The van der Waals surface area contributed by atoms with Crippen molar-refractivity contribution in [3.05, 3.63) is 46.4 Å². The molecule has 20 heavy (non-hydrogen) atoms. The molecule has 0 aliphatic rings. The summed E-state index contributed by atoms with van der Waals surface area (Å²) in [5.74, 6) is 0.652. The smallest absolute Gasteiger partial charge is 0.166 e. The molecule has 0 unspecified atom stereocenters. The molecule has 3 rings (SSSR count). The predicted octanol–water partition coefficient (Wildman–Crippen LogP) is 5.32. The van der Waals surface area contributed by atoms with E-state index in [-0.39, 0.29) is 5.92 Å². The maximum absolute atomic E-state index is 6.23. The molecular formula is C15H12Cl2N2O. The van der Waals surface area contributed by atoms with Crippen molar-refractivity contribution in [3.63, 3.8) is 0 Å². The summed E-state index contributed by atoms with van der Waals surface area (Å²) in [5.41, 5.74) is 2.34. The van der Waals surface area contributed by atoms with Crippen LogP contribution in [0.4, 0.5) is 0 Å². The van der Waals surface area contributed by atoms with Gasteiger partial charge in [0.2, 0.25) is 0 Å². The summed E-state index contributed by atoms with van der Waals surface area (Å²) in [6.07, 6.45) is 1.63. The maximum Gasteiger partial charge on any atom is 0.166 e. The van der Waals surface area contributed by atoms with E-state index in [0.29, 0.717) is 16.1 Å². The molecule has 0 spiro atoms. The molecule has 0 bridgehead atoms. The molecule has 0 atom stereocenters. The normalized spacial score (nSPS) is 11.4. The fourth-order valence-electron chi connectivity index (χ4n) is 2.16. The second-order valence-electron chi connectivity index (χ2n) is 4.84. The monoisotopic (exact) mass is 306 g/mol. The second-order valence-corrected chi connectivity index (χ2v) is 5.56. The van der Waals surface area contributed by atoms with Crippen LogP contribution in [-0.2, 0) is 0 Å². The molecule has 0 aliphatic carbocycles. The summed E-state index contributed by atoms with van der Waals surface area (Å²) in [4.78, 5) is 8.72. The summed E-state index contributed by atoms with van der Waals surface area (Å²) in [6.45, 7) is 4.01. The number of hydrogen-bond donors (Lipinski definition) is 0. The third kappa shape index (κ3) is 2.17. The second kappa shape index (κ2) is 5.08. The van der Waals surface area contributed by atoms with Crippen molar-refractivity contribution < 1.29 is 4.42 Å². The first-order valence-electron chi connectivity index (χ1n) is 6.27. The number of rotatable bonds is 2. The number of aromatic nitrogens is 2. The van der Waals surface area contributed by atoms with Crippen LogP contribution in [0.5, 0.6) is 0 Å². The van der Waals surface area contributed by atoms with Crippen molar-refractivity contribution in [1.82, 2.24) is 9.97 Å². The Kier molecular flexibility index (Phi) is 3.40. The van der Waals surface area contributed by atoms with E-state index in [9.17, 15) is 0 Å². The first kappa shape index (κ1) is 13.4. The summed E-state index contributed by atoms with van der Waals surface area (Å²) >= 11 is 12.5. The molecule has 0 saturated heterocycles. The Balaban J connectivity index is 2.20. The van der Waals surface area contributed by atoms with Gasteiger partial charge in [-0.1, -0.05) is 55.2 Å². The highest BCUT2D eigenvalue weighted by Crippen LogP contribution is 2.34. The van der Waals surface area contributed by atoms with E-state index in [1.807, 2.05) is 38.1 Å². The van der Waals surface area contributed by atoms with Gasteiger partial charge in [0.05, 0.1) is 5.56 Å². The topological polar surface area (TPSA) is 38.9 Å². The Morgan fingerprint density at radius 2 is 1.70 bits per heavy atom. The molecule has 3 aromatic rings. The number of fused-ring (bicyclic) bond motifs is 1. The van der Waals surface area contributed by atoms with Crippen LogP contribution in [-0.4, -0.2) is 9.97 Å². The SMILES string of the molecule is CC(C)c1c(Cl)nc(-c2coc3ccccc23)nc1Cl. The molecule has 5 heteroatoms. The lowest BCUT2D eigenvalue weighted by molar-refractivity contribution is 0.616. The van der Waals surface area contributed by atoms with Gasteiger partial charge < -0.3 is 4.42 Å². The van der Waals surface area contributed by atoms with Crippen LogP contribution in [0, 0.1) is 0 Å². The Morgan fingerprint density at radius 3 is 2.35 bits per heavy atom. The van der Waals surface area contributed by atoms with Gasteiger partial charge >= 0.3 is 0 Å². The van der Waals surface area contributed by atoms with Gasteiger partial charge in [0.15, 0.2) is 5.82 Å². The zero-order chi connectivity index (χ0) is 14.3. The molecule has 0 amide bonds. The Labute approximate surface area is 126 Å². The number of furan rings is 1. The minimum absolute atomic E-state index is 0.171. The molecular weight excluding hydrogens is 295 g/mol. The number of hydrogen-bond acceptors (Lipinski definition) is 3. The van der Waals surface area contributed by atoms with E-state index in [1.54, 1.807) is 6.26 Å². The van der Waals surface area contributed by atoms with Crippen LogP contribution in [0.15, 0.2) is 34.9 Å². The first-order valence-corrected chi connectivity index (χ1v) is 7.03. The van der Waals surface area contributed by atoms with E-state index >= 15 is 0 Å². The number of halogens is 2. The fraction of sp³-hybridized carbons (Fsp3) is 0.200. The Hall–Kier alpha value is -1.58. The van der Waals surface area contributed by atoms with E-state index in [0.717, 1.165) is 22.1 Å². The molecule has 1 aromatic carbocycles. The van der Waals surface area contributed by atoms with Crippen molar-refractivity contribution in [2.45, 2.75) is 19.8 Å². The predicted molar refractivity (Wildman–Crippen MR) is 81.3 cm³/mol. The molecule has 3 nitrogen and oxygen atoms in total. The molecule has 0 aliphatic heterocycles. The van der Waals surface area contributed by atoms with Gasteiger partial charge in [-0.2, -0.15) is 0 Å². The molecule has 0 saturated carbocycles. The largest absolute Gasteiger partial charge is 0.464 e.